The van der Waals surface area contributed by atoms with E-state index in [1.54, 1.807) is 7.05 Å². The van der Waals surface area contributed by atoms with Crippen LogP contribution in [0.25, 0.3) is 21.9 Å². The molecule has 5 rings (SSSR count). The summed E-state index contributed by atoms with van der Waals surface area (Å²) in [6, 6.07) is 3.02. The van der Waals surface area contributed by atoms with E-state index in [0.29, 0.717) is 47.9 Å². The highest BCUT2D eigenvalue weighted by Gasteiger charge is 2.28. The molecule has 1 aliphatic heterocycles. The molecule has 4 aromatic rings. The van der Waals surface area contributed by atoms with Crippen molar-refractivity contribution in [1.29, 1.82) is 0 Å². The summed E-state index contributed by atoms with van der Waals surface area (Å²) in [7, 11) is 1.74. The van der Waals surface area contributed by atoms with Crippen molar-refractivity contribution in [2.75, 3.05) is 36.9 Å². The van der Waals surface area contributed by atoms with Crippen LogP contribution in [0.1, 0.15) is 19.2 Å². The smallest absolute Gasteiger partial charge is 0.326 e. The number of fused-ring (bicyclic) bond motifs is 3. The van der Waals surface area contributed by atoms with Gasteiger partial charge in [0.15, 0.2) is 11.6 Å². The standard InChI is InChI=1S/C23H25FN8O2/c1-3-12(6-25)13-9-32(10-13)22-19-16-4-14(24)5-17(26-2)20(16)29-21(19)30-23(31-22)34-15-7-27-18(11-33)28-8-15/h4-5,7-8,26,33H,3,6,9-11,25H2,1-2H3,(H,29,30,31). The number of H-pyrrole nitrogens is 1. The van der Waals surface area contributed by atoms with Crippen LogP contribution >= 0.6 is 0 Å². The SMILES string of the molecule is CCC(CN)=C1CN(c2nc(Oc3cnc(CO)nc3)nc3[nH]c4c(NC)cc(F)cc4c23)C1. The Morgan fingerprint density at radius 2 is 2.03 bits per heavy atom. The van der Waals surface area contributed by atoms with Gasteiger partial charge in [-0.05, 0) is 24.1 Å². The maximum atomic E-state index is 14.4. The van der Waals surface area contributed by atoms with Crippen LogP contribution in [0.2, 0.25) is 0 Å². The third-order valence-corrected chi connectivity index (χ3v) is 6.02. The number of benzene rings is 1. The van der Waals surface area contributed by atoms with Crippen molar-refractivity contribution >= 4 is 33.4 Å². The van der Waals surface area contributed by atoms with E-state index in [0.717, 1.165) is 17.3 Å². The second-order valence-electron chi connectivity index (χ2n) is 8.02. The zero-order chi connectivity index (χ0) is 23.8. The van der Waals surface area contributed by atoms with E-state index in [1.165, 1.54) is 35.7 Å². The molecule has 10 nitrogen and oxygen atoms in total. The first kappa shape index (κ1) is 22.0. The Hall–Kier alpha value is -3.83. The number of nitrogens with one attached hydrogen (secondary N) is 2. The van der Waals surface area contributed by atoms with E-state index in [9.17, 15) is 4.39 Å². The van der Waals surface area contributed by atoms with E-state index < -0.39 is 0 Å². The third kappa shape index (κ3) is 3.78. The molecule has 176 valence electrons. The Bertz CT molecular complexity index is 1390. The van der Waals surface area contributed by atoms with Gasteiger partial charge in [0.25, 0.3) is 0 Å². The van der Waals surface area contributed by atoms with E-state index in [2.05, 4.69) is 42.1 Å². The van der Waals surface area contributed by atoms with Crippen LogP contribution in [0.4, 0.5) is 15.9 Å². The van der Waals surface area contributed by atoms with Gasteiger partial charge in [-0.25, -0.2) is 14.4 Å². The molecule has 4 heterocycles. The molecule has 1 fully saturated rings. The minimum Gasteiger partial charge on any atom is -0.421 e. The van der Waals surface area contributed by atoms with Gasteiger partial charge in [0.1, 0.15) is 23.9 Å². The lowest BCUT2D eigenvalue weighted by molar-refractivity contribution is 0.270. The summed E-state index contributed by atoms with van der Waals surface area (Å²) in [6.45, 7) is 3.72. The molecule has 0 saturated carbocycles. The first-order valence-electron chi connectivity index (χ1n) is 11.0. The average molecular weight is 465 g/mol. The highest BCUT2D eigenvalue weighted by atomic mass is 19.1. The summed E-state index contributed by atoms with van der Waals surface area (Å²) in [5, 5.41) is 13.6. The molecule has 0 amide bonds. The van der Waals surface area contributed by atoms with Gasteiger partial charge in [-0.3, -0.25) is 0 Å². The normalized spacial score (nSPS) is 13.4. The molecule has 0 atom stereocenters. The molecule has 1 aromatic carbocycles. The number of nitrogens with two attached hydrogens (primary N) is 1. The number of rotatable bonds is 7. The van der Waals surface area contributed by atoms with Crippen molar-refractivity contribution < 1.29 is 14.2 Å². The maximum absolute atomic E-state index is 14.4. The number of aromatic nitrogens is 5. The highest BCUT2D eigenvalue weighted by molar-refractivity contribution is 6.14. The minimum atomic E-state index is -0.356. The molecule has 34 heavy (non-hydrogen) atoms. The summed E-state index contributed by atoms with van der Waals surface area (Å²) in [6.07, 6.45) is 3.80. The van der Waals surface area contributed by atoms with Crippen molar-refractivity contribution in [2.24, 2.45) is 5.73 Å². The van der Waals surface area contributed by atoms with Crippen LogP contribution in [0.15, 0.2) is 35.7 Å². The van der Waals surface area contributed by atoms with Gasteiger partial charge in [-0.1, -0.05) is 12.5 Å². The van der Waals surface area contributed by atoms with Gasteiger partial charge in [-0.2, -0.15) is 9.97 Å². The summed E-state index contributed by atoms with van der Waals surface area (Å²) in [5.74, 6) is 0.906. The molecule has 0 aliphatic carbocycles. The molecule has 0 bridgehead atoms. The predicted octanol–water partition coefficient (Wildman–Crippen LogP) is 2.85. The van der Waals surface area contributed by atoms with Gasteiger partial charge in [0.2, 0.25) is 0 Å². The Morgan fingerprint density at radius 1 is 1.26 bits per heavy atom. The molecule has 0 spiro atoms. The van der Waals surface area contributed by atoms with Crippen LogP contribution in [-0.2, 0) is 6.61 Å². The zero-order valence-electron chi connectivity index (χ0n) is 18.9. The van der Waals surface area contributed by atoms with Crippen molar-refractivity contribution in [2.45, 2.75) is 20.0 Å². The van der Waals surface area contributed by atoms with E-state index in [1.807, 2.05) is 0 Å². The van der Waals surface area contributed by atoms with Crippen LogP contribution in [-0.4, -0.2) is 56.7 Å². The molecule has 0 unspecified atom stereocenters. The Labute approximate surface area is 194 Å². The largest absolute Gasteiger partial charge is 0.421 e. The van der Waals surface area contributed by atoms with Crippen molar-refractivity contribution in [1.82, 2.24) is 24.9 Å². The van der Waals surface area contributed by atoms with Crippen molar-refractivity contribution in [3.05, 3.63) is 47.3 Å². The topological polar surface area (TPSA) is 138 Å². The number of anilines is 2. The molecule has 11 heteroatoms. The van der Waals surface area contributed by atoms with Crippen molar-refractivity contribution in [3.8, 4) is 11.8 Å². The first-order chi connectivity index (χ1) is 16.5. The number of halogens is 1. The monoisotopic (exact) mass is 464 g/mol. The van der Waals surface area contributed by atoms with Gasteiger partial charge >= 0.3 is 6.01 Å². The first-order valence-corrected chi connectivity index (χ1v) is 11.0. The summed E-state index contributed by atoms with van der Waals surface area (Å²) in [5.41, 5.74) is 10.3. The van der Waals surface area contributed by atoms with Gasteiger partial charge in [0, 0.05) is 32.1 Å². The van der Waals surface area contributed by atoms with Gasteiger partial charge < -0.3 is 30.8 Å². The fourth-order valence-electron chi connectivity index (χ4n) is 4.21. The quantitative estimate of drug-likeness (QED) is 0.304. The van der Waals surface area contributed by atoms with Crippen molar-refractivity contribution in [3.63, 3.8) is 0 Å². The van der Waals surface area contributed by atoms with Crippen LogP contribution in [0, 0.1) is 5.82 Å². The van der Waals surface area contributed by atoms with Crippen LogP contribution in [0.3, 0.4) is 0 Å². The fourth-order valence-corrected chi connectivity index (χ4v) is 4.21. The van der Waals surface area contributed by atoms with Gasteiger partial charge in [0.05, 0.1) is 29.0 Å². The minimum absolute atomic E-state index is 0.104. The predicted molar refractivity (Wildman–Crippen MR) is 128 cm³/mol. The second-order valence-corrected chi connectivity index (χ2v) is 8.02. The molecule has 5 N–H and O–H groups in total. The average Bonchev–Trinajstić information content (AvgIpc) is 3.19. The number of nitrogens with zero attached hydrogens (tertiary/aromatic N) is 5. The highest BCUT2D eigenvalue weighted by Crippen LogP contribution is 2.39. The van der Waals surface area contributed by atoms with E-state index >= 15 is 0 Å². The number of aliphatic hydroxyl groups excluding tert-OH is 1. The van der Waals surface area contributed by atoms with E-state index in [4.69, 9.17) is 15.6 Å². The lowest BCUT2D eigenvalue weighted by atomic mass is 9.98. The Morgan fingerprint density at radius 3 is 2.68 bits per heavy atom. The Balaban J connectivity index is 1.63. The zero-order valence-corrected chi connectivity index (χ0v) is 18.9. The molecular formula is C23H25FN8O2. The molecule has 3 aromatic heterocycles. The number of aliphatic hydroxyl groups is 1. The molecule has 0 radical (unpaired) electrons. The number of aromatic amines is 1. The lowest BCUT2D eigenvalue weighted by Crippen LogP contribution is -2.42. The summed E-state index contributed by atoms with van der Waals surface area (Å²) < 4.78 is 20.3. The van der Waals surface area contributed by atoms with E-state index in [-0.39, 0.29) is 24.3 Å². The number of hydrogen-bond acceptors (Lipinski definition) is 9. The molecule has 1 aliphatic rings. The Kier molecular flexibility index (Phi) is 5.72. The number of ether oxygens (including phenoxy) is 1. The summed E-state index contributed by atoms with van der Waals surface area (Å²) in [4.78, 5) is 22.7. The third-order valence-electron chi connectivity index (χ3n) is 6.02. The number of hydrogen-bond donors (Lipinski definition) is 4. The van der Waals surface area contributed by atoms with Gasteiger partial charge in [-0.15, -0.1) is 0 Å². The lowest BCUT2D eigenvalue weighted by Gasteiger charge is -2.37. The maximum Gasteiger partial charge on any atom is 0.326 e. The summed E-state index contributed by atoms with van der Waals surface area (Å²) >= 11 is 0. The molecular weight excluding hydrogens is 439 g/mol. The van der Waals surface area contributed by atoms with Crippen LogP contribution < -0.4 is 20.7 Å². The van der Waals surface area contributed by atoms with Crippen LogP contribution in [0.5, 0.6) is 11.8 Å². The second kappa shape index (κ2) is 8.84. The fraction of sp³-hybridized carbons (Fsp3) is 0.304. The molecule has 1 saturated heterocycles.